The average molecular weight is 541 g/mol. The summed E-state index contributed by atoms with van der Waals surface area (Å²) in [4.78, 5) is 26.3. The Kier molecular flexibility index (Phi) is 10.7. The van der Waals surface area contributed by atoms with Gasteiger partial charge in [0.25, 0.3) is 11.8 Å². The van der Waals surface area contributed by atoms with Crippen LogP contribution in [0.15, 0.2) is 63.8 Å². The largest absolute Gasteiger partial charge is 0.417 e. The second-order valence-corrected chi connectivity index (χ2v) is 8.87. The lowest BCUT2D eigenvalue weighted by Gasteiger charge is -2.43. The van der Waals surface area contributed by atoms with Gasteiger partial charge in [0.1, 0.15) is 11.5 Å². The maximum absolute atomic E-state index is 14.6. The van der Waals surface area contributed by atoms with E-state index >= 15 is 0 Å². The number of piperidine rings is 1. The highest BCUT2D eigenvalue weighted by Gasteiger charge is 2.46. The Labute approximate surface area is 219 Å². The Bertz CT molecular complexity index is 1110. The van der Waals surface area contributed by atoms with Gasteiger partial charge in [0.05, 0.1) is 18.2 Å². The van der Waals surface area contributed by atoms with Crippen LogP contribution < -0.4 is 11.1 Å². The Morgan fingerprint density at radius 2 is 2.05 bits per heavy atom. The fourth-order valence-corrected chi connectivity index (χ4v) is 4.13. The molecule has 1 fully saturated rings. The number of hydrogen-bond acceptors (Lipinski definition) is 6. The van der Waals surface area contributed by atoms with Gasteiger partial charge in [-0.05, 0) is 31.4 Å². The van der Waals surface area contributed by atoms with Gasteiger partial charge in [0, 0.05) is 56.0 Å². The molecule has 0 saturated carbocycles. The summed E-state index contributed by atoms with van der Waals surface area (Å²) in [6.07, 6.45) is 2.68. The zero-order valence-corrected chi connectivity index (χ0v) is 21.8. The average Bonchev–Trinajstić information content (AvgIpc) is 2.85. The van der Waals surface area contributed by atoms with Crippen LogP contribution in [0.4, 0.5) is 22.0 Å². The Morgan fingerprint density at radius 3 is 2.61 bits per heavy atom. The molecule has 1 aromatic rings. The fourth-order valence-electron chi connectivity index (χ4n) is 4.13. The number of amides is 1. The van der Waals surface area contributed by atoms with Crippen LogP contribution in [-0.4, -0.2) is 66.5 Å². The molecule has 2 atom stereocenters. The van der Waals surface area contributed by atoms with Crippen LogP contribution in [-0.2, 0) is 4.79 Å². The first kappa shape index (κ1) is 30.7. The zero-order valence-electron chi connectivity index (χ0n) is 21.8. The Hall–Kier alpha value is -3.57. The van der Waals surface area contributed by atoms with Crippen LogP contribution in [0.25, 0.3) is 5.57 Å². The highest BCUT2D eigenvalue weighted by Crippen LogP contribution is 2.35. The second-order valence-electron chi connectivity index (χ2n) is 8.87. The van der Waals surface area contributed by atoms with Gasteiger partial charge in [-0.25, -0.2) is 13.8 Å². The van der Waals surface area contributed by atoms with E-state index in [9.17, 15) is 26.7 Å². The number of pyridine rings is 1. The molecule has 2 rings (SSSR count). The fraction of sp³-hybridized carbons (Fsp3) is 0.462. The summed E-state index contributed by atoms with van der Waals surface area (Å²) in [6.45, 7) is 3.84. The van der Waals surface area contributed by atoms with Crippen LogP contribution in [0.3, 0.4) is 0 Å². The van der Waals surface area contributed by atoms with E-state index in [4.69, 9.17) is 5.73 Å². The summed E-state index contributed by atoms with van der Waals surface area (Å²) in [6, 6.07) is 2.56. The quantitative estimate of drug-likeness (QED) is 0.269. The van der Waals surface area contributed by atoms with Crippen LogP contribution in [0.1, 0.15) is 39.2 Å². The number of hydrogen-bond donors (Lipinski definition) is 2. The summed E-state index contributed by atoms with van der Waals surface area (Å²) in [7, 11) is 1.48. The number of rotatable bonds is 9. The third kappa shape index (κ3) is 8.22. The maximum atomic E-state index is 14.6. The molecule has 208 valence electrons. The number of nitrogens with zero attached hydrogens (tertiary/aromatic N) is 4. The third-order valence-corrected chi connectivity index (χ3v) is 5.95. The van der Waals surface area contributed by atoms with E-state index < -0.39 is 48.5 Å². The summed E-state index contributed by atoms with van der Waals surface area (Å²) < 4.78 is 68.7. The predicted molar refractivity (Wildman–Crippen MR) is 139 cm³/mol. The first-order chi connectivity index (χ1) is 17.8. The number of likely N-dealkylation sites (tertiary alicyclic amines) is 1. The molecule has 1 aliphatic rings. The molecular weight excluding hydrogens is 507 g/mol. The van der Waals surface area contributed by atoms with Crippen molar-refractivity contribution in [1.82, 2.24) is 15.2 Å². The van der Waals surface area contributed by atoms with Crippen molar-refractivity contribution in [2.75, 3.05) is 20.1 Å². The van der Waals surface area contributed by atoms with Crippen molar-refractivity contribution in [2.45, 2.75) is 51.8 Å². The SMILES string of the molecule is C\C=C(/N=C\C(=C/CC)C(F)(F)F)NCC1[C@H](C)CC(F)(F)CN1C(=O)C(N)=C(C=NC)c1cccnc1. The molecule has 0 bridgehead atoms. The molecule has 12 heteroatoms. The molecular formula is C26H33F5N6O. The summed E-state index contributed by atoms with van der Waals surface area (Å²) in [5, 5.41) is 2.89. The van der Waals surface area contributed by atoms with E-state index in [1.54, 1.807) is 32.9 Å². The van der Waals surface area contributed by atoms with E-state index in [0.29, 0.717) is 11.8 Å². The Morgan fingerprint density at radius 1 is 1.34 bits per heavy atom. The van der Waals surface area contributed by atoms with Crippen LogP contribution in [0, 0.1) is 5.92 Å². The van der Waals surface area contributed by atoms with Crippen molar-refractivity contribution < 1.29 is 26.7 Å². The number of alkyl halides is 5. The summed E-state index contributed by atoms with van der Waals surface area (Å²) in [5.41, 5.74) is 5.74. The van der Waals surface area contributed by atoms with Crippen molar-refractivity contribution in [3.05, 3.63) is 59.3 Å². The molecule has 1 amide bonds. The lowest BCUT2D eigenvalue weighted by Crippen LogP contribution is -2.59. The first-order valence-electron chi connectivity index (χ1n) is 12.1. The minimum absolute atomic E-state index is 0.0315. The van der Waals surface area contributed by atoms with Crippen LogP contribution >= 0.6 is 0 Å². The van der Waals surface area contributed by atoms with Gasteiger partial charge < -0.3 is 16.0 Å². The lowest BCUT2D eigenvalue weighted by molar-refractivity contribution is -0.148. The molecule has 7 nitrogen and oxygen atoms in total. The predicted octanol–water partition coefficient (Wildman–Crippen LogP) is 4.74. The standard InChI is InChI=1S/C26H33F5N6O/c1-5-8-19(26(29,30)31)13-35-22(6-2)36-15-21-17(3)11-25(27,28)16-37(21)24(38)23(32)20(14-33-4)18-9-7-10-34-12-18/h6-10,12-14,17,21,36H,5,11,15-16,32H2,1-4H3/b19-8+,22-6+,23-20?,33-14?,35-13-/t17-,21?/m1/s1. The number of halogens is 5. The maximum Gasteiger partial charge on any atom is 0.417 e. The van der Waals surface area contributed by atoms with Crippen LogP contribution in [0.2, 0.25) is 0 Å². The number of nitrogens with one attached hydrogen (secondary N) is 1. The van der Waals surface area contributed by atoms with Gasteiger partial charge in [-0.15, -0.1) is 0 Å². The van der Waals surface area contributed by atoms with Crippen molar-refractivity contribution >= 4 is 23.9 Å². The molecule has 0 aliphatic carbocycles. The molecule has 1 saturated heterocycles. The highest BCUT2D eigenvalue weighted by molar-refractivity contribution is 6.18. The van der Waals surface area contributed by atoms with Crippen molar-refractivity contribution in [1.29, 1.82) is 0 Å². The molecule has 0 aromatic carbocycles. The number of carbonyl (C=O) groups excluding carboxylic acids is 1. The van der Waals surface area contributed by atoms with E-state index in [1.807, 2.05) is 0 Å². The van der Waals surface area contributed by atoms with Crippen molar-refractivity contribution in [3.63, 3.8) is 0 Å². The summed E-state index contributed by atoms with van der Waals surface area (Å²) >= 11 is 0. The molecule has 1 unspecified atom stereocenters. The number of nitrogens with two attached hydrogens (primary N) is 1. The van der Waals surface area contributed by atoms with Gasteiger partial charge >= 0.3 is 6.18 Å². The van der Waals surface area contributed by atoms with Crippen molar-refractivity contribution in [3.8, 4) is 0 Å². The lowest BCUT2D eigenvalue weighted by atomic mass is 9.88. The first-order valence-corrected chi connectivity index (χ1v) is 12.1. The minimum atomic E-state index is -4.57. The molecule has 0 spiro atoms. The summed E-state index contributed by atoms with van der Waals surface area (Å²) in [5.74, 6) is -4.51. The van der Waals surface area contributed by atoms with E-state index in [-0.39, 0.29) is 30.1 Å². The minimum Gasteiger partial charge on any atom is -0.394 e. The number of carbonyl (C=O) groups is 1. The third-order valence-electron chi connectivity index (χ3n) is 5.95. The molecule has 0 radical (unpaired) electrons. The van der Waals surface area contributed by atoms with Gasteiger partial charge in [-0.1, -0.05) is 26.0 Å². The van der Waals surface area contributed by atoms with Crippen molar-refractivity contribution in [2.24, 2.45) is 21.6 Å². The van der Waals surface area contributed by atoms with E-state index in [0.717, 1.165) is 11.0 Å². The number of allylic oxidation sites excluding steroid dienone is 4. The zero-order chi connectivity index (χ0) is 28.5. The molecule has 3 N–H and O–H groups in total. The second kappa shape index (κ2) is 13.3. The van der Waals surface area contributed by atoms with Gasteiger partial charge in [-0.3, -0.25) is 14.8 Å². The molecule has 1 aliphatic heterocycles. The molecule has 38 heavy (non-hydrogen) atoms. The van der Waals surface area contributed by atoms with Gasteiger partial charge in [0.15, 0.2) is 0 Å². The van der Waals surface area contributed by atoms with E-state index in [2.05, 4.69) is 20.3 Å². The topological polar surface area (TPSA) is 96.0 Å². The molecule has 2 heterocycles. The van der Waals surface area contributed by atoms with Crippen LogP contribution in [0.5, 0.6) is 0 Å². The normalized spacial score (nSPS) is 21.7. The Balaban J connectivity index is 2.36. The van der Waals surface area contributed by atoms with E-state index in [1.165, 1.54) is 31.7 Å². The van der Waals surface area contributed by atoms with Gasteiger partial charge in [0.2, 0.25) is 0 Å². The molecule has 1 aromatic heterocycles. The number of aromatic nitrogens is 1. The smallest absolute Gasteiger partial charge is 0.394 e. The number of aliphatic imine (C=N–C) groups is 2. The monoisotopic (exact) mass is 540 g/mol. The highest BCUT2D eigenvalue weighted by atomic mass is 19.4. The van der Waals surface area contributed by atoms with Gasteiger partial charge in [-0.2, -0.15) is 13.2 Å².